The van der Waals surface area contributed by atoms with Gasteiger partial charge in [0.25, 0.3) is 5.91 Å². The third-order valence-corrected chi connectivity index (χ3v) is 2.42. The van der Waals surface area contributed by atoms with E-state index in [-0.39, 0.29) is 29.8 Å². The van der Waals surface area contributed by atoms with Gasteiger partial charge in [-0.2, -0.15) is 0 Å². The van der Waals surface area contributed by atoms with Crippen molar-refractivity contribution in [1.29, 1.82) is 0 Å². The van der Waals surface area contributed by atoms with E-state index in [9.17, 15) is 14.4 Å². The Morgan fingerprint density at radius 3 is 2.67 bits per heavy atom. The Morgan fingerprint density at radius 1 is 1.39 bits per heavy atom. The first-order valence-electron chi connectivity index (χ1n) is 5.45. The zero-order valence-electron chi connectivity index (χ0n) is 9.43. The largest absolute Gasteiger partial charge is 0.478 e. The fraction of sp³-hybridized carbons (Fsp3) is 0.364. The number of hydrogen-bond acceptors (Lipinski definition) is 4. The van der Waals surface area contributed by atoms with Crippen LogP contribution in [-0.2, 0) is 4.79 Å². The van der Waals surface area contributed by atoms with Crippen LogP contribution in [0.2, 0.25) is 0 Å². The van der Waals surface area contributed by atoms with Crippen LogP contribution in [0.1, 0.15) is 33.8 Å². The maximum absolute atomic E-state index is 11.5. The molecule has 2 amide bonds. The molecular formula is C11H12N2O5. The normalized spacial score (nSPS) is 14.0. The first-order valence-corrected chi connectivity index (χ1v) is 5.45. The van der Waals surface area contributed by atoms with Crippen LogP contribution < -0.4 is 10.6 Å². The van der Waals surface area contributed by atoms with Crippen LogP contribution in [0.4, 0.5) is 0 Å². The van der Waals surface area contributed by atoms with Gasteiger partial charge in [-0.05, 0) is 12.8 Å². The molecule has 7 nitrogen and oxygen atoms in total. The van der Waals surface area contributed by atoms with Gasteiger partial charge >= 0.3 is 5.97 Å². The number of furan rings is 1. The highest BCUT2D eigenvalue weighted by Gasteiger charge is 2.23. The minimum atomic E-state index is -1.18. The lowest BCUT2D eigenvalue weighted by Gasteiger charge is -2.03. The molecule has 1 heterocycles. The van der Waals surface area contributed by atoms with Gasteiger partial charge in [0.05, 0.1) is 12.1 Å². The van der Waals surface area contributed by atoms with Gasteiger partial charge in [-0.25, -0.2) is 4.79 Å². The number of carbonyl (C=O) groups excluding carboxylic acids is 2. The van der Waals surface area contributed by atoms with E-state index < -0.39 is 11.9 Å². The van der Waals surface area contributed by atoms with Gasteiger partial charge in [-0.1, -0.05) is 0 Å². The molecule has 1 fully saturated rings. The molecule has 1 saturated carbocycles. The predicted octanol–water partition coefficient (Wildman–Crippen LogP) is -0.0138. The van der Waals surface area contributed by atoms with Crippen LogP contribution in [0.3, 0.4) is 0 Å². The highest BCUT2D eigenvalue weighted by molar-refractivity contribution is 5.97. The van der Waals surface area contributed by atoms with Gasteiger partial charge in [0, 0.05) is 12.1 Å². The van der Waals surface area contributed by atoms with Crippen molar-refractivity contribution in [3.05, 3.63) is 23.7 Å². The van der Waals surface area contributed by atoms with E-state index in [0.717, 1.165) is 25.2 Å². The van der Waals surface area contributed by atoms with E-state index in [1.54, 1.807) is 0 Å². The molecule has 0 spiro atoms. The average molecular weight is 252 g/mol. The Hall–Kier alpha value is -2.31. The summed E-state index contributed by atoms with van der Waals surface area (Å²) in [6, 6.07) is 1.34. The Morgan fingerprint density at radius 2 is 2.11 bits per heavy atom. The molecule has 1 aromatic rings. The van der Waals surface area contributed by atoms with E-state index in [2.05, 4.69) is 10.6 Å². The molecule has 96 valence electrons. The van der Waals surface area contributed by atoms with Gasteiger partial charge in [0.1, 0.15) is 6.26 Å². The summed E-state index contributed by atoms with van der Waals surface area (Å²) in [6.45, 7) is -0.154. The number of carboxylic acids is 1. The summed E-state index contributed by atoms with van der Waals surface area (Å²) in [5.41, 5.74) is -0.109. The summed E-state index contributed by atoms with van der Waals surface area (Å²) in [7, 11) is 0. The molecule has 0 bridgehead atoms. The molecule has 0 atom stereocenters. The van der Waals surface area contributed by atoms with E-state index in [1.807, 2.05) is 0 Å². The molecule has 18 heavy (non-hydrogen) atoms. The van der Waals surface area contributed by atoms with E-state index in [0.29, 0.717) is 0 Å². The lowest BCUT2D eigenvalue weighted by molar-refractivity contribution is -0.120. The van der Waals surface area contributed by atoms with Gasteiger partial charge in [0.2, 0.25) is 5.91 Å². The zero-order valence-corrected chi connectivity index (χ0v) is 9.43. The molecular weight excluding hydrogens is 240 g/mol. The predicted molar refractivity (Wildman–Crippen MR) is 59.2 cm³/mol. The number of hydrogen-bond donors (Lipinski definition) is 3. The topological polar surface area (TPSA) is 109 Å². The van der Waals surface area contributed by atoms with Crippen molar-refractivity contribution in [3.8, 4) is 0 Å². The standard InChI is InChI=1S/C11H12N2O5/c14-9(13-7-1-2-7)4-12-10(15)8-3-6(5-18-8)11(16)17/h3,5,7H,1-2,4H2,(H,12,15)(H,13,14)(H,16,17). The van der Waals surface area contributed by atoms with Crippen LogP contribution in [-0.4, -0.2) is 35.5 Å². The number of aromatic carboxylic acids is 1. The van der Waals surface area contributed by atoms with Crippen molar-refractivity contribution >= 4 is 17.8 Å². The van der Waals surface area contributed by atoms with Gasteiger partial charge in [-0.15, -0.1) is 0 Å². The molecule has 0 unspecified atom stereocenters. The Kier molecular flexibility index (Phi) is 3.31. The fourth-order valence-electron chi connectivity index (χ4n) is 1.32. The zero-order chi connectivity index (χ0) is 13.1. The molecule has 0 saturated heterocycles. The van der Waals surface area contributed by atoms with Crippen LogP contribution in [0, 0.1) is 0 Å². The monoisotopic (exact) mass is 252 g/mol. The summed E-state index contributed by atoms with van der Waals surface area (Å²) in [5, 5.41) is 13.7. The van der Waals surface area contributed by atoms with Crippen molar-refractivity contribution < 1.29 is 23.9 Å². The second kappa shape index (κ2) is 4.91. The average Bonchev–Trinajstić information content (AvgIpc) is 2.98. The molecule has 0 aliphatic heterocycles. The molecule has 0 radical (unpaired) electrons. The maximum atomic E-state index is 11.5. The van der Waals surface area contributed by atoms with Crippen molar-refractivity contribution in [3.63, 3.8) is 0 Å². The number of amides is 2. The van der Waals surface area contributed by atoms with Crippen LogP contribution in [0.5, 0.6) is 0 Å². The first kappa shape index (κ1) is 12.2. The molecule has 7 heteroatoms. The number of nitrogens with one attached hydrogen (secondary N) is 2. The van der Waals surface area contributed by atoms with Crippen molar-refractivity contribution in [2.45, 2.75) is 18.9 Å². The lowest BCUT2D eigenvalue weighted by atomic mass is 10.3. The number of carbonyl (C=O) groups is 3. The van der Waals surface area contributed by atoms with Crippen molar-refractivity contribution in [1.82, 2.24) is 10.6 Å². The molecule has 2 rings (SSSR count). The second-order valence-corrected chi connectivity index (χ2v) is 4.03. The summed E-state index contributed by atoms with van der Waals surface area (Å²) < 4.78 is 4.79. The highest BCUT2D eigenvalue weighted by Crippen LogP contribution is 2.18. The number of carboxylic acid groups (broad SMARTS) is 1. The van der Waals surface area contributed by atoms with E-state index >= 15 is 0 Å². The number of rotatable bonds is 5. The lowest BCUT2D eigenvalue weighted by Crippen LogP contribution is -2.37. The summed E-state index contributed by atoms with van der Waals surface area (Å²) in [5.74, 6) is -2.19. The summed E-state index contributed by atoms with van der Waals surface area (Å²) in [4.78, 5) is 33.4. The Balaban J connectivity index is 1.82. The highest BCUT2D eigenvalue weighted by atomic mass is 16.4. The third kappa shape index (κ3) is 3.09. The molecule has 1 aliphatic rings. The first-order chi connectivity index (χ1) is 8.56. The minimum Gasteiger partial charge on any atom is -0.478 e. The van der Waals surface area contributed by atoms with Crippen LogP contribution >= 0.6 is 0 Å². The quantitative estimate of drug-likeness (QED) is 0.682. The third-order valence-electron chi connectivity index (χ3n) is 2.42. The van der Waals surface area contributed by atoms with Crippen molar-refractivity contribution in [2.24, 2.45) is 0 Å². The van der Waals surface area contributed by atoms with Gasteiger partial charge in [-0.3, -0.25) is 9.59 Å². The molecule has 0 aromatic carbocycles. The SMILES string of the molecule is O=C(CNC(=O)c1cc(C(=O)O)co1)NC1CC1. The van der Waals surface area contributed by atoms with Gasteiger partial charge < -0.3 is 20.2 Å². The second-order valence-electron chi connectivity index (χ2n) is 4.03. The van der Waals surface area contributed by atoms with Crippen molar-refractivity contribution in [2.75, 3.05) is 6.54 Å². The van der Waals surface area contributed by atoms with Crippen LogP contribution in [0.15, 0.2) is 16.7 Å². The van der Waals surface area contributed by atoms with E-state index in [4.69, 9.17) is 9.52 Å². The maximum Gasteiger partial charge on any atom is 0.338 e. The van der Waals surface area contributed by atoms with Crippen LogP contribution in [0.25, 0.3) is 0 Å². The molecule has 1 aliphatic carbocycles. The molecule has 3 N–H and O–H groups in total. The smallest absolute Gasteiger partial charge is 0.338 e. The molecule has 1 aromatic heterocycles. The van der Waals surface area contributed by atoms with Gasteiger partial charge in [0.15, 0.2) is 5.76 Å². The summed E-state index contributed by atoms with van der Waals surface area (Å²) >= 11 is 0. The summed E-state index contributed by atoms with van der Waals surface area (Å²) in [6.07, 6.45) is 2.92. The Labute approximate surface area is 102 Å². The van der Waals surface area contributed by atoms with E-state index in [1.165, 1.54) is 0 Å². The fourth-order valence-corrected chi connectivity index (χ4v) is 1.32. The minimum absolute atomic E-state index is 0.109. The Bertz CT molecular complexity index is 489.